The molecule has 0 aliphatic heterocycles. The molecule has 54 heavy (non-hydrogen) atoms. The van der Waals surface area contributed by atoms with E-state index in [1.165, 1.54) is 22.3 Å². The molecule has 4 nitrogen and oxygen atoms in total. The van der Waals surface area contributed by atoms with Crippen molar-refractivity contribution in [2.75, 3.05) is 0 Å². The van der Waals surface area contributed by atoms with Crippen LogP contribution in [0.25, 0.3) is 89.4 Å². The summed E-state index contributed by atoms with van der Waals surface area (Å²) in [5.74, 6) is 0. The number of hydrogen-bond acceptors (Lipinski definition) is 4. The Kier molecular flexibility index (Phi) is 8.57. The van der Waals surface area contributed by atoms with Crippen molar-refractivity contribution in [2.45, 2.75) is 0 Å². The molecule has 0 spiro atoms. The van der Waals surface area contributed by atoms with E-state index in [1.807, 2.05) is 60.7 Å². The molecule has 0 N–H and O–H groups in total. The second kappa shape index (κ2) is 14.3. The molecule has 252 valence electrons. The van der Waals surface area contributed by atoms with E-state index in [-0.39, 0.29) is 0 Å². The normalized spacial score (nSPS) is 10.9. The van der Waals surface area contributed by atoms with Crippen molar-refractivity contribution in [2.24, 2.45) is 0 Å². The van der Waals surface area contributed by atoms with E-state index < -0.39 is 0 Å². The van der Waals surface area contributed by atoms with Gasteiger partial charge in [-0.2, -0.15) is 5.26 Å². The third-order valence-corrected chi connectivity index (χ3v) is 9.75. The maximum absolute atomic E-state index is 9.38. The van der Waals surface area contributed by atoms with Crippen LogP contribution < -0.4 is 0 Å². The van der Waals surface area contributed by atoms with Crippen LogP contribution in [0.4, 0.5) is 0 Å². The van der Waals surface area contributed by atoms with Crippen molar-refractivity contribution in [3.05, 3.63) is 200 Å². The average molecular weight is 689 g/mol. The van der Waals surface area contributed by atoms with Crippen molar-refractivity contribution in [3.63, 3.8) is 0 Å². The third-order valence-electron chi connectivity index (χ3n) is 9.75. The van der Waals surface area contributed by atoms with Crippen molar-refractivity contribution < 1.29 is 0 Å². The minimum absolute atomic E-state index is 0.605. The van der Waals surface area contributed by atoms with Gasteiger partial charge in [-0.3, -0.25) is 0 Å². The zero-order valence-corrected chi connectivity index (χ0v) is 29.3. The summed E-state index contributed by atoms with van der Waals surface area (Å²) in [4.78, 5) is 15.4. The van der Waals surface area contributed by atoms with Crippen molar-refractivity contribution >= 4 is 11.0 Å². The van der Waals surface area contributed by atoms with Gasteiger partial charge < -0.3 is 0 Å². The van der Waals surface area contributed by atoms with Crippen LogP contribution >= 0.6 is 0 Å². The lowest BCUT2D eigenvalue weighted by molar-refractivity contribution is 1.29. The van der Waals surface area contributed by atoms with Crippen LogP contribution in [0.15, 0.2) is 194 Å². The van der Waals surface area contributed by atoms with E-state index in [0.717, 1.165) is 67.2 Å². The number of nitrogens with zero attached hydrogens (tertiary/aromatic N) is 4. The lowest BCUT2D eigenvalue weighted by Crippen LogP contribution is -1.96. The lowest BCUT2D eigenvalue weighted by Gasteiger charge is -2.13. The summed E-state index contributed by atoms with van der Waals surface area (Å²) in [6.45, 7) is 0. The summed E-state index contributed by atoms with van der Waals surface area (Å²) in [5, 5.41) is 9.38. The molecule has 7 aromatic carbocycles. The Morgan fingerprint density at radius 1 is 0.296 bits per heavy atom. The van der Waals surface area contributed by atoms with Crippen LogP contribution in [0.3, 0.4) is 0 Å². The Hall–Kier alpha value is -7.48. The highest BCUT2D eigenvalue weighted by molar-refractivity contribution is 5.87. The predicted molar refractivity (Wildman–Crippen MR) is 220 cm³/mol. The van der Waals surface area contributed by atoms with Gasteiger partial charge in [0.2, 0.25) is 0 Å². The maximum atomic E-state index is 9.38. The van der Waals surface area contributed by atoms with Crippen LogP contribution in [-0.4, -0.2) is 15.0 Å². The second-order valence-electron chi connectivity index (χ2n) is 13.2. The molecule has 0 amide bonds. The fourth-order valence-corrected chi connectivity index (χ4v) is 6.85. The second-order valence-corrected chi connectivity index (χ2v) is 13.2. The van der Waals surface area contributed by atoms with Gasteiger partial charge in [0.25, 0.3) is 0 Å². The predicted octanol–water partition coefficient (Wildman–Crippen LogP) is 12.6. The van der Waals surface area contributed by atoms with Gasteiger partial charge >= 0.3 is 0 Å². The highest BCUT2D eigenvalue weighted by atomic mass is 14.8. The molecule has 2 heterocycles. The largest absolute Gasteiger partial charge is 0.248 e. The van der Waals surface area contributed by atoms with E-state index in [0.29, 0.717) is 5.56 Å². The lowest BCUT2D eigenvalue weighted by atomic mass is 9.96. The van der Waals surface area contributed by atoms with E-state index in [4.69, 9.17) is 15.0 Å². The first-order valence-corrected chi connectivity index (χ1v) is 17.9. The first-order valence-electron chi connectivity index (χ1n) is 17.9. The van der Waals surface area contributed by atoms with Crippen molar-refractivity contribution in [3.8, 4) is 84.5 Å². The summed E-state index contributed by atoms with van der Waals surface area (Å²) in [7, 11) is 0. The van der Waals surface area contributed by atoms with Gasteiger partial charge in [0.05, 0.1) is 45.4 Å². The number of aromatic nitrogens is 3. The Bertz CT molecular complexity index is 2670. The van der Waals surface area contributed by atoms with Crippen LogP contribution in [-0.2, 0) is 0 Å². The Balaban J connectivity index is 1.12. The third kappa shape index (κ3) is 6.54. The first-order chi connectivity index (χ1) is 26.7. The van der Waals surface area contributed by atoms with Gasteiger partial charge in [-0.05, 0) is 69.8 Å². The monoisotopic (exact) mass is 688 g/mol. The van der Waals surface area contributed by atoms with Gasteiger partial charge in [-0.25, -0.2) is 15.0 Å². The first kappa shape index (κ1) is 32.4. The SMILES string of the molecule is N#Cc1ccc(-c2nc3ccccc3nc2-c2ccc(-c3cc(-c4ccc(-c5ccccc5)cc4)nc(-c4ccc(-c5ccccc5)cc4)c3)cc2)cc1. The number of pyridine rings is 1. The number of benzene rings is 7. The molecule has 0 atom stereocenters. The van der Waals surface area contributed by atoms with Gasteiger partial charge in [0.15, 0.2) is 0 Å². The van der Waals surface area contributed by atoms with Gasteiger partial charge in [0, 0.05) is 22.3 Å². The van der Waals surface area contributed by atoms with Crippen LogP contribution in [0, 0.1) is 11.3 Å². The quantitative estimate of drug-likeness (QED) is 0.167. The summed E-state index contributed by atoms with van der Waals surface area (Å²) >= 11 is 0. The number of para-hydroxylation sites is 2. The van der Waals surface area contributed by atoms with E-state index in [9.17, 15) is 5.26 Å². The molecular formula is C50H32N4. The summed E-state index contributed by atoms with van der Waals surface area (Å²) in [5.41, 5.74) is 16.4. The van der Waals surface area contributed by atoms with E-state index in [2.05, 4.69) is 140 Å². The van der Waals surface area contributed by atoms with Crippen molar-refractivity contribution in [1.29, 1.82) is 5.26 Å². The molecule has 0 fully saturated rings. The fraction of sp³-hybridized carbons (Fsp3) is 0. The average Bonchev–Trinajstić information content (AvgIpc) is 3.26. The Morgan fingerprint density at radius 3 is 1.06 bits per heavy atom. The van der Waals surface area contributed by atoms with Crippen LogP contribution in [0.1, 0.15) is 5.56 Å². The molecule has 0 bridgehead atoms. The van der Waals surface area contributed by atoms with E-state index in [1.54, 1.807) is 0 Å². The van der Waals surface area contributed by atoms with E-state index >= 15 is 0 Å². The van der Waals surface area contributed by atoms with Gasteiger partial charge in [-0.1, -0.05) is 158 Å². The van der Waals surface area contributed by atoms with Crippen molar-refractivity contribution in [1.82, 2.24) is 15.0 Å². The number of nitriles is 1. The zero-order valence-electron chi connectivity index (χ0n) is 29.3. The van der Waals surface area contributed by atoms with Gasteiger partial charge in [0.1, 0.15) is 0 Å². The van der Waals surface area contributed by atoms with Crippen LogP contribution in [0.5, 0.6) is 0 Å². The molecule has 0 aliphatic rings. The summed E-state index contributed by atoms with van der Waals surface area (Å²) < 4.78 is 0. The molecule has 0 radical (unpaired) electrons. The fourth-order valence-electron chi connectivity index (χ4n) is 6.85. The molecule has 9 aromatic rings. The molecule has 0 aliphatic carbocycles. The number of rotatable bonds is 7. The number of hydrogen-bond donors (Lipinski definition) is 0. The zero-order chi connectivity index (χ0) is 36.3. The Labute approximate surface area is 314 Å². The molecule has 9 rings (SSSR count). The molecular weight excluding hydrogens is 657 g/mol. The minimum Gasteiger partial charge on any atom is -0.248 e. The summed E-state index contributed by atoms with van der Waals surface area (Å²) in [6, 6.07) is 68.7. The molecule has 4 heteroatoms. The van der Waals surface area contributed by atoms with Gasteiger partial charge in [-0.15, -0.1) is 0 Å². The molecule has 0 saturated heterocycles. The van der Waals surface area contributed by atoms with Crippen LogP contribution in [0.2, 0.25) is 0 Å². The highest BCUT2D eigenvalue weighted by Gasteiger charge is 2.15. The molecule has 0 saturated carbocycles. The smallest absolute Gasteiger partial charge is 0.0991 e. The number of fused-ring (bicyclic) bond motifs is 1. The topological polar surface area (TPSA) is 62.5 Å². The molecule has 2 aromatic heterocycles. The maximum Gasteiger partial charge on any atom is 0.0991 e. The standard InChI is InChI=1S/C50H32N4/c51-33-34-15-17-42(18-16-34)49-50(54-46-14-8-7-13-45(46)53-49)43-29-23-39(24-30-43)44-31-47(40-25-19-37(20-26-40)35-9-3-1-4-10-35)52-48(32-44)41-27-21-38(22-28-41)36-11-5-2-6-12-36/h1-32H. The summed E-state index contributed by atoms with van der Waals surface area (Å²) in [6.07, 6.45) is 0. The molecule has 0 unspecified atom stereocenters. The Morgan fingerprint density at radius 2 is 0.630 bits per heavy atom. The minimum atomic E-state index is 0.605. The highest BCUT2D eigenvalue weighted by Crippen LogP contribution is 2.35.